The lowest BCUT2D eigenvalue weighted by atomic mass is 9.92. The number of thiophene rings is 1. The smallest absolute Gasteiger partial charge is 0.243 e. The average Bonchev–Trinajstić information content (AvgIpc) is 3.13. The van der Waals surface area contributed by atoms with Crippen LogP contribution in [-0.4, -0.2) is 40.7 Å². The minimum absolute atomic E-state index is 0.0212. The van der Waals surface area contributed by atoms with Gasteiger partial charge in [0.1, 0.15) is 6.54 Å². The molecule has 27 heavy (non-hydrogen) atoms. The van der Waals surface area contributed by atoms with E-state index in [0.29, 0.717) is 6.54 Å². The molecule has 2 atom stereocenters. The van der Waals surface area contributed by atoms with Crippen LogP contribution in [0.25, 0.3) is 0 Å². The van der Waals surface area contributed by atoms with Crippen LogP contribution in [0.5, 0.6) is 0 Å². The number of nitrogens with zero attached hydrogens (tertiary/aromatic N) is 2. The molecule has 0 N–H and O–H groups in total. The Morgan fingerprint density at radius 2 is 1.96 bits per heavy atom. The van der Waals surface area contributed by atoms with Gasteiger partial charge in [-0.3, -0.25) is 9.59 Å². The van der Waals surface area contributed by atoms with Crippen molar-refractivity contribution < 1.29 is 9.59 Å². The van der Waals surface area contributed by atoms with E-state index >= 15 is 0 Å². The standard InChI is InChI=1S/C22H28N2O2S/c1-5-16(3)24(17(4)25)14-21(26)23-12-10-20-19(11-13-27-20)22(23)18-8-6-15(2)7-9-18/h6-9,11,13,16,22H,5,10,12,14H2,1-4H3/t16-,22+/m1/s1. The third-order valence-corrected chi connectivity index (χ3v) is 6.51. The van der Waals surface area contributed by atoms with Crippen LogP contribution in [0.15, 0.2) is 35.7 Å². The largest absolute Gasteiger partial charge is 0.331 e. The molecule has 1 aliphatic heterocycles. The van der Waals surface area contributed by atoms with E-state index in [1.807, 2.05) is 18.7 Å². The first kappa shape index (κ1) is 19.6. The summed E-state index contributed by atoms with van der Waals surface area (Å²) in [6.45, 7) is 8.49. The molecule has 0 spiro atoms. The fourth-order valence-electron chi connectivity index (χ4n) is 3.73. The molecule has 4 nitrogen and oxygen atoms in total. The van der Waals surface area contributed by atoms with Crippen molar-refractivity contribution in [3.63, 3.8) is 0 Å². The fourth-order valence-corrected chi connectivity index (χ4v) is 4.63. The quantitative estimate of drug-likeness (QED) is 0.776. The molecule has 0 saturated heterocycles. The van der Waals surface area contributed by atoms with Crippen LogP contribution in [0.3, 0.4) is 0 Å². The first-order chi connectivity index (χ1) is 12.9. The van der Waals surface area contributed by atoms with Gasteiger partial charge in [0, 0.05) is 24.4 Å². The topological polar surface area (TPSA) is 40.6 Å². The van der Waals surface area contributed by atoms with E-state index in [4.69, 9.17) is 0 Å². The molecule has 0 saturated carbocycles. The summed E-state index contributed by atoms with van der Waals surface area (Å²) in [4.78, 5) is 30.3. The Morgan fingerprint density at radius 1 is 1.26 bits per heavy atom. The summed E-state index contributed by atoms with van der Waals surface area (Å²) >= 11 is 1.77. The SMILES string of the molecule is CC[C@@H](C)N(CC(=O)N1CCc2sccc2[C@@H]1c1ccc(C)cc1)C(C)=O. The normalized spacial score (nSPS) is 17.3. The number of hydrogen-bond donors (Lipinski definition) is 0. The van der Waals surface area contributed by atoms with Gasteiger partial charge in [0.25, 0.3) is 0 Å². The van der Waals surface area contributed by atoms with E-state index in [1.165, 1.54) is 16.0 Å². The summed E-state index contributed by atoms with van der Waals surface area (Å²) in [5, 5.41) is 2.11. The predicted molar refractivity (Wildman–Crippen MR) is 110 cm³/mol. The third-order valence-electron chi connectivity index (χ3n) is 5.51. The van der Waals surface area contributed by atoms with Gasteiger partial charge in [-0.15, -0.1) is 11.3 Å². The molecule has 0 unspecified atom stereocenters. The van der Waals surface area contributed by atoms with Crippen LogP contribution in [0.2, 0.25) is 0 Å². The summed E-state index contributed by atoms with van der Waals surface area (Å²) in [7, 11) is 0. The Labute approximate surface area is 165 Å². The zero-order valence-corrected chi connectivity index (χ0v) is 17.4. The molecular weight excluding hydrogens is 356 g/mol. The van der Waals surface area contributed by atoms with Crippen LogP contribution >= 0.6 is 11.3 Å². The van der Waals surface area contributed by atoms with E-state index in [-0.39, 0.29) is 30.4 Å². The minimum Gasteiger partial charge on any atom is -0.331 e. The molecular formula is C22H28N2O2S. The Morgan fingerprint density at radius 3 is 2.59 bits per heavy atom. The van der Waals surface area contributed by atoms with Crippen molar-refractivity contribution in [3.8, 4) is 0 Å². The van der Waals surface area contributed by atoms with Crippen molar-refractivity contribution >= 4 is 23.2 Å². The van der Waals surface area contributed by atoms with Crippen LogP contribution in [0.1, 0.15) is 54.8 Å². The van der Waals surface area contributed by atoms with Gasteiger partial charge < -0.3 is 9.80 Å². The highest BCUT2D eigenvalue weighted by Gasteiger charge is 2.34. The number of aryl methyl sites for hydroxylation is 1. The molecule has 144 valence electrons. The summed E-state index contributed by atoms with van der Waals surface area (Å²) in [5.74, 6) is -0.0225. The lowest BCUT2D eigenvalue weighted by molar-refractivity contribution is -0.142. The Bertz CT molecular complexity index is 812. The van der Waals surface area contributed by atoms with Crippen molar-refractivity contribution in [2.75, 3.05) is 13.1 Å². The van der Waals surface area contributed by atoms with E-state index < -0.39 is 0 Å². The molecule has 0 aliphatic carbocycles. The molecule has 5 heteroatoms. The number of hydrogen-bond acceptors (Lipinski definition) is 3. The highest BCUT2D eigenvalue weighted by atomic mass is 32.1. The van der Waals surface area contributed by atoms with Crippen molar-refractivity contribution in [2.45, 2.75) is 52.6 Å². The molecule has 2 amide bonds. The summed E-state index contributed by atoms with van der Waals surface area (Å²) in [5.41, 5.74) is 3.56. The van der Waals surface area contributed by atoms with E-state index in [0.717, 1.165) is 18.4 Å². The van der Waals surface area contributed by atoms with E-state index in [1.54, 1.807) is 23.2 Å². The minimum atomic E-state index is -0.0705. The second-order valence-electron chi connectivity index (χ2n) is 7.35. The first-order valence-electron chi connectivity index (χ1n) is 9.61. The van der Waals surface area contributed by atoms with Gasteiger partial charge in [0.15, 0.2) is 0 Å². The highest BCUT2D eigenvalue weighted by molar-refractivity contribution is 7.10. The predicted octanol–water partition coefficient (Wildman–Crippen LogP) is 4.18. The number of carbonyl (C=O) groups is 2. The van der Waals surface area contributed by atoms with Crippen molar-refractivity contribution in [3.05, 3.63) is 57.3 Å². The Kier molecular flexibility index (Phi) is 6.00. The van der Waals surface area contributed by atoms with Gasteiger partial charge >= 0.3 is 0 Å². The summed E-state index contributed by atoms with van der Waals surface area (Å²) < 4.78 is 0. The number of fused-ring (bicyclic) bond motifs is 1. The van der Waals surface area contributed by atoms with Crippen LogP contribution < -0.4 is 0 Å². The van der Waals surface area contributed by atoms with Crippen LogP contribution in [-0.2, 0) is 16.0 Å². The number of amides is 2. The number of rotatable bonds is 5. The molecule has 1 aliphatic rings. The molecule has 0 fully saturated rings. The number of benzene rings is 1. The van der Waals surface area contributed by atoms with Crippen molar-refractivity contribution in [1.82, 2.24) is 9.80 Å². The molecule has 0 radical (unpaired) electrons. The molecule has 0 bridgehead atoms. The maximum absolute atomic E-state index is 13.3. The van der Waals surface area contributed by atoms with Gasteiger partial charge in [-0.2, -0.15) is 0 Å². The molecule has 2 aromatic rings. The average molecular weight is 385 g/mol. The van der Waals surface area contributed by atoms with Crippen molar-refractivity contribution in [1.29, 1.82) is 0 Å². The summed E-state index contributed by atoms with van der Waals surface area (Å²) in [6.07, 6.45) is 1.72. The zero-order valence-electron chi connectivity index (χ0n) is 16.6. The van der Waals surface area contributed by atoms with Crippen molar-refractivity contribution in [2.24, 2.45) is 0 Å². The van der Waals surface area contributed by atoms with E-state index in [9.17, 15) is 9.59 Å². The van der Waals surface area contributed by atoms with Gasteiger partial charge in [0.2, 0.25) is 11.8 Å². The summed E-state index contributed by atoms with van der Waals surface area (Å²) in [6, 6.07) is 10.6. The van der Waals surface area contributed by atoms with Gasteiger partial charge in [-0.25, -0.2) is 0 Å². The van der Waals surface area contributed by atoms with E-state index in [2.05, 4.69) is 42.6 Å². The Hall–Kier alpha value is -2.14. The molecule has 1 aromatic carbocycles. The van der Waals surface area contributed by atoms with Gasteiger partial charge in [-0.1, -0.05) is 36.8 Å². The molecule has 2 heterocycles. The second-order valence-corrected chi connectivity index (χ2v) is 8.35. The third kappa shape index (κ3) is 4.08. The maximum atomic E-state index is 13.3. The highest BCUT2D eigenvalue weighted by Crippen LogP contribution is 2.38. The van der Waals surface area contributed by atoms with Crippen LogP contribution in [0.4, 0.5) is 0 Å². The maximum Gasteiger partial charge on any atom is 0.243 e. The van der Waals surface area contributed by atoms with Gasteiger partial charge in [0.05, 0.1) is 6.04 Å². The monoisotopic (exact) mass is 384 g/mol. The number of carbonyl (C=O) groups excluding carboxylic acids is 2. The first-order valence-corrected chi connectivity index (χ1v) is 10.5. The Balaban J connectivity index is 1.91. The van der Waals surface area contributed by atoms with Gasteiger partial charge in [-0.05, 0) is 49.3 Å². The lowest BCUT2D eigenvalue weighted by Gasteiger charge is -2.38. The lowest BCUT2D eigenvalue weighted by Crippen LogP contribution is -2.48. The second kappa shape index (κ2) is 8.26. The van der Waals surface area contributed by atoms with Crippen LogP contribution in [0, 0.1) is 6.92 Å². The fraction of sp³-hybridized carbons (Fsp3) is 0.455. The molecule has 3 rings (SSSR count). The zero-order chi connectivity index (χ0) is 19.6. The molecule has 1 aromatic heterocycles.